The number of carbonyl (C=O) groups is 1. The molecule has 0 aliphatic carbocycles. The Bertz CT molecular complexity index is 643. The highest BCUT2D eigenvalue weighted by Crippen LogP contribution is 2.20. The smallest absolute Gasteiger partial charge is 0.310 e. The largest absolute Gasteiger partial charge is 0.481 e. The molecule has 0 bridgehead atoms. The number of aliphatic carboxylic acids is 1. The lowest BCUT2D eigenvalue weighted by Gasteiger charge is -2.08. The molecule has 2 aromatic rings. The minimum absolute atomic E-state index is 0.114. The van der Waals surface area contributed by atoms with Crippen LogP contribution in [0.4, 0.5) is 0 Å². The monoisotopic (exact) mass is 231 g/mol. The molecule has 4 nitrogen and oxygen atoms in total. The summed E-state index contributed by atoms with van der Waals surface area (Å²) in [6, 6.07) is 7.04. The van der Waals surface area contributed by atoms with Crippen molar-refractivity contribution >= 4 is 16.9 Å². The third-order valence-corrected chi connectivity index (χ3v) is 2.92. The number of H-pyrrole nitrogens is 1. The lowest BCUT2D eigenvalue weighted by atomic mass is 9.99. The summed E-state index contributed by atoms with van der Waals surface area (Å²) < 4.78 is 0. The van der Waals surface area contributed by atoms with Crippen LogP contribution in [0.1, 0.15) is 24.0 Å². The van der Waals surface area contributed by atoms with E-state index in [1.807, 2.05) is 0 Å². The van der Waals surface area contributed by atoms with Crippen molar-refractivity contribution in [1.82, 2.24) is 4.98 Å². The number of aromatic amines is 1. The maximum atomic E-state index is 11.4. The molecule has 1 heterocycles. The van der Waals surface area contributed by atoms with Gasteiger partial charge in [-0.3, -0.25) is 9.59 Å². The summed E-state index contributed by atoms with van der Waals surface area (Å²) >= 11 is 0. The third kappa shape index (κ3) is 2.06. The van der Waals surface area contributed by atoms with E-state index in [9.17, 15) is 9.59 Å². The Morgan fingerprint density at radius 3 is 2.71 bits per heavy atom. The van der Waals surface area contributed by atoms with E-state index in [1.54, 1.807) is 38.1 Å². The van der Waals surface area contributed by atoms with E-state index in [2.05, 4.69) is 4.98 Å². The first-order valence-corrected chi connectivity index (χ1v) is 5.35. The van der Waals surface area contributed by atoms with Crippen molar-refractivity contribution in [1.29, 1.82) is 0 Å². The predicted molar refractivity (Wildman–Crippen MR) is 65.4 cm³/mol. The highest BCUT2D eigenvalue weighted by atomic mass is 16.4. The number of aromatic nitrogens is 1. The predicted octanol–water partition coefficient (Wildman–Crippen LogP) is 2.02. The van der Waals surface area contributed by atoms with Crippen molar-refractivity contribution < 1.29 is 9.90 Å². The molecule has 1 unspecified atom stereocenters. The van der Waals surface area contributed by atoms with Crippen LogP contribution in [0.3, 0.4) is 0 Å². The molecular weight excluding hydrogens is 218 g/mol. The summed E-state index contributed by atoms with van der Waals surface area (Å²) in [5.41, 5.74) is 1.97. The number of hydrogen-bond donors (Lipinski definition) is 2. The van der Waals surface area contributed by atoms with Crippen LogP contribution in [0.5, 0.6) is 0 Å². The van der Waals surface area contributed by atoms with Gasteiger partial charge in [0, 0.05) is 11.1 Å². The average molecular weight is 231 g/mol. The number of hydrogen-bond acceptors (Lipinski definition) is 2. The van der Waals surface area contributed by atoms with Crippen LogP contribution in [-0.4, -0.2) is 16.1 Å². The summed E-state index contributed by atoms with van der Waals surface area (Å²) in [4.78, 5) is 25.1. The molecule has 0 saturated carbocycles. The Kier molecular flexibility index (Phi) is 2.71. The van der Waals surface area contributed by atoms with Gasteiger partial charge in [-0.25, -0.2) is 0 Å². The normalized spacial score (nSPS) is 12.6. The van der Waals surface area contributed by atoms with E-state index in [0.717, 1.165) is 16.5 Å². The fraction of sp³-hybridized carbons (Fsp3) is 0.231. The van der Waals surface area contributed by atoms with Crippen molar-refractivity contribution in [3.05, 3.63) is 45.7 Å². The SMILES string of the molecule is Cc1cc2cc(C(C)C(=O)O)ccc2[nH]c1=O. The molecule has 1 atom stereocenters. The van der Waals surface area contributed by atoms with Gasteiger partial charge in [0.1, 0.15) is 0 Å². The average Bonchev–Trinajstić information content (AvgIpc) is 2.29. The first-order valence-electron chi connectivity index (χ1n) is 5.35. The lowest BCUT2D eigenvalue weighted by molar-refractivity contribution is -0.138. The summed E-state index contributed by atoms with van der Waals surface area (Å²) in [6.45, 7) is 3.37. The van der Waals surface area contributed by atoms with Gasteiger partial charge >= 0.3 is 5.97 Å². The van der Waals surface area contributed by atoms with Crippen LogP contribution < -0.4 is 5.56 Å². The number of rotatable bonds is 2. The Morgan fingerprint density at radius 1 is 1.35 bits per heavy atom. The minimum atomic E-state index is -0.856. The summed E-state index contributed by atoms with van der Waals surface area (Å²) in [6.07, 6.45) is 0. The van der Waals surface area contributed by atoms with Gasteiger partial charge in [-0.1, -0.05) is 6.07 Å². The standard InChI is InChI=1S/C13H13NO3/c1-7-5-10-6-9(8(2)13(16)17)3-4-11(10)14-12(7)15/h3-6,8H,1-2H3,(H,14,15)(H,16,17). The van der Waals surface area contributed by atoms with Crippen molar-refractivity contribution in [2.45, 2.75) is 19.8 Å². The van der Waals surface area contributed by atoms with Gasteiger partial charge in [0.05, 0.1) is 5.92 Å². The molecule has 88 valence electrons. The number of carboxylic acid groups (broad SMARTS) is 1. The highest BCUT2D eigenvalue weighted by molar-refractivity contribution is 5.82. The molecule has 1 aromatic heterocycles. The van der Waals surface area contributed by atoms with Crippen molar-refractivity contribution in [2.24, 2.45) is 0 Å². The van der Waals surface area contributed by atoms with E-state index < -0.39 is 11.9 Å². The van der Waals surface area contributed by atoms with Gasteiger partial charge in [-0.15, -0.1) is 0 Å². The highest BCUT2D eigenvalue weighted by Gasteiger charge is 2.13. The van der Waals surface area contributed by atoms with Crippen LogP contribution in [-0.2, 0) is 4.79 Å². The second-order valence-electron chi connectivity index (χ2n) is 4.19. The number of benzene rings is 1. The van der Waals surface area contributed by atoms with E-state index in [0.29, 0.717) is 5.56 Å². The zero-order chi connectivity index (χ0) is 12.6. The van der Waals surface area contributed by atoms with E-state index in [4.69, 9.17) is 5.11 Å². The zero-order valence-electron chi connectivity index (χ0n) is 9.65. The Hall–Kier alpha value is -2.10. The molecule has 1 aromatic carbocycles. The fourth-order valence-electron chi connectivity index (χ4n) is 1.75. The number of aryl methyl sites for hydroxylation is 1. The van der Waals surface area contributed by atoms with Gasteiger partial charge in [0.2, 0.25) is 0 Å². The van der Waals surface area contributed by atoms with Gasteiger partial charge < -0.3 is 10.1 Å². The molecule has 2 rings (SSSR count). The number of carboxylic acids is 1. The molecule has 0 radical (unpaired) electrons. The summed E-state index contributed by atoms with van der Waals surface area (Å²) in [7, 11) is 0. The first kappa shape index (κ1) is 11.4. The minimum Gasteiger partial charge on any atom is -0.481 e. The molecule has 0 spiro atoms. The van der Waals surface area contributed by atoms with E-state index in [-0.39, 0.29) is 5.56 Å². The second-order valence-corrected chi connectivity index (χ2v) is 4.19. The van der Waals surface area contributed by atoms with Crippen LogP contribution >= 0.6 is 0 Å². The van der Waals surface area contributed by atoms with Gasteiger partial charge in [0.25, 0.3) is 5.56 Å². The molecule has 4 heteroatoms. The number of fused-ring (bicyclic) bond motifs is 1. The fourth-order valence-corrected chi connectivity index (χ4v) is 1.75. The van der Waals surface area contributed by atoms with Crippen molar-refractivity contribution in [3.8, 4) is 0 Å². The Balaban J connectivity index is 2.61. The molecule has 0 aliphatic heterocycles. The number of nitrogens with one attached hydrogen (secondary N) is 1. The molecular formula is C13H13NO3. The van der Waals surface area contributed by atoms with Gasteiger partial charge in [-0.05, 0) is 43.0 Å². The Labute approximate surface area is 97.9 Å². The molecule has 0 amide bonds. The van der Waals surface area contributed by atoms with Gasteiger partial charge in [-0.2, -0.15) is 0 Å². The molecule has 2 N–H and O–H groups in total. The van der Waals surface area contributed by atoms with Gasteiger partial charge in [0.15, 0.2) is 0 Å². The van der Waals surface area contributed by atoms with Crippen LogP contribution in [0.25, 0.3) is 10.9 Å². The lowest BCUT2D eigenvalue weighted by Crippen LogP contribution is -2.10. The maximum absolute atomic E-state index is 11.4. The van der Waals surface area contributed by atoms with Crippen LogP contribution in [0.2, 0.25) is 0 Å². The van der Waals surface area contributed by atoms with Crippen molar-refractivity contribution in [3.63, 3.8) is 0 Å². The first-order chi connectivity index (χ1) is 7.99. The van der Waals surface area contributed by atoms with Crippen molar-refractivity contribution in [2.75, 3.05) is 0 Å². The molecule has 0 fully saturated rings. The van der Waals surface area contributed by atoms with Crippen LogP contribution in [0.15, 0.2) is 29.1 Å². The topological polar surface area (TPSA) is 70.2 Å². The quantitative estimate of drug-likeness (QED) is 0.830. The second kappa shape index (κ2) is 4.05. The number of pyridine rings is 1. The molecule has 0 aliphatic rings. The van der Waals surface area contributed by atoms with E-state index >= 15 is 0 Å². The molecule has 0 saturated heterocycles. The Morgan fingerprint density at radius 2 is 2.06 bits per heavy atom. The molecule has 17 heavy (non-hydrogen) atoms. The van der Waals surface area contributed by atoms with Crippen LogP contribution in [0, 0.1) is 6.92 Å². The third-order valence-electron chi connectivity index (χ3n) is 2.92. The zero-order valence-corrected chi connectivity index (χ0v) is 9.65. The maximum Gasteiger partial charge on any atom is 0.310 e. The van der Waals surface area contributed by atoms with E-state index in [1.165, 1.54) is 0 Å². The summed E-state index contributed by atoms with van der Waals surface area (Å²) in [5, 5.41) is 9.80. The summed E-state index contributed by atoms with van der Waals surface area (Å²) in [5.74, 6) is -1.41.